The molecule has 0 atom stereocenters. The third-order valence-electron chi connectivity index (χ3n) is 5.93. The normalized spacial score (nSPS) is 15.4. The van der Waals surface area contributed by atoms with Crippen molar-refractivity contribution in [3.8, 4) is 5.75 Å². The first-order valence-electron chi connectivity index (χ1n) is 12.2. The Morgan fingerprint density at radius 1 is 0.974 bits per heavy atom. The van der Waals surface area contributed by atoms with E-state index in [4.69, 9.17) is 9.47 Å². The summed E-state index contributed by atoms with van der Waals surface area (Å²) in [4.78, 5) is 17.8. The Morgan fingerprint density at radius 3 is 2.41 bits per heavy atom. The van der Waals surface area contributed by atoms with E-state index in [9.17, 15) is 9.90 Å². The van der Waals surface area contributed by atoms with E-state index in [2.05, 4.69) is 61.1 Å². The molecule has 1 aliphatic heterocycles. The predicted octanol–water partition coefficient (Wildman–Crippen LogP) is 9.14. The van der Waals surface area contributed by atoms with Crippen LogP contribution in [0.15, 0.2) is 115 Å². The van der Waals surface area contributed by atoms with Gasteiger partial charge in [-0.3, -0.25) is 0 Å². The second-order valence-electron chi connectivity index (χ2n) is 8.55. The Bertz CT molecular complexity index is 1620. The Morgan fingerprint density at radius 2 is 1.67 bits per heavy atom. The highest BCUT2D eigenvalue weighted by molar-refractivity contribution is 9.11. The highest BCUT2D eigenvalue weighted by atomic mass is 79.9. The maximum Gasteiger partial charge on any atom is 0.344 e. The van der Waals surface area contributed by atoms with E-state index in [0.29, 0.717) is 28.0 Å². The van der Waals surface area contributed by atoms with Crippen LogP contribution >= 0.6 is 43.6 Å². The van der Waals surface area contributed by atoms with Gasteiger partial charge < -0.3 is 14.6 Å². The van der Waals surface area contributed by atoms with Crippen LogP contribution in [0.25, 0.3) is 16.8 Å². The molecule has 0 fully saturated rings. The molecule has 4 aromatic rings. The molecule has 0 radical (unpaired) electrons. The minimum atomic E-state index is -0.611. The van der Waals surface area contributed by atoms with Gasteiger partial charge in [0, 0.05) is 0 Å². The number of carbonyl (C=O) groups is 1. The average Bonchev–Trinajstić information content (AvgIpc) is 3.23. The van der Waals surface area contributed by atoms with Gasteiger partial charge in [-0.2, -0.15) is 0 Å². The molecular weight excluding hydrogens is 642 g/mol. The number of hydrogen-bond acceptors (Lipinski definition) is 6. The lowest BCUT2D eigenvalue weighted by Gasteiger charge is -2.13. The molecule has 196 valence electrons. The van der Waals surface area contributed by atoms with Gasteiger partial charge in [0.05, 0.1) is 26.1 Å². The lowest BCUT2D eigenvalue weighted by atomic mass is 10.1. The summed E-state index contributed by atoms with van der Waals surface area (Å²) in [6.45, 7) is 2.32. The molecule has 1 N–H and O–H groups in total. The van der Waals surface area contributed by atoms with E-state index in [1.54, 1.807) is 13.0 Å². The summed E-state index contributed by atoms with van der Waals surface area (Å²) in [6, 6.07) is 27.5. The predicted molar refractivity (Wildman–Crippen MR) is 166 cm³/mol. The van der Waals surface area contributed by atoms with E-state index in [0.717, 1.165) is 30.8 Å². The molecule has 0 amide bonds. The van der Waals surface area contributed by atoms with Crippen molar-refractivity contribution in [2.24, 2.45) is 4.99 Å². The number of aliphatic hydroxyl groups is 1. The Labute approximate surface area is 247 Å². The fourth-order valence-corrected chi connectivity index (χ4v) is 6.62. The highest BCUT2D eigenvalue weighted by Gasteiger charge is 2.33. The summed E-state index contributed by atoms with van der Waals surface area (Å²) < 4.78 is 12.9. The SMILES string of the molecule is CCOC(=O)C1=C(O)/C(=C/c2cc(Br)c(OCc3cccc4ccccc34)c(Br)c2)SC1=Nc1ccccc1. The molecule has 1 heterocycles. The fourth-order valence-electron chi connectivity index (χ4n) is 4.13. The van der Waals surface area contributed by atoms with Crippen molar-refractivity contribution in [3.05, 3.63) is 121 Å². The quantitative estimate of drug-likeness (QED) is 0.200. The zero-order valence-corrected chi connectivity index (χ0v) is 24.8. The van der Waals surface area contributed by atoms with Crippen LogP contribution in [0.2, 0.25) is 0 Å². The minimum Gasteiger partial charge on any atom is -0.506 e. The lowest BCUT2D eigenvalue weighted by molar-refractivity contribution is -0.138. The molecule has 0 spiro atoms. The van der Waals surface area contributed by atoms with E-state index in [-0.39, 0.29) is 17.9 Å². The molecule has 39 heavy (non-hydrogen) atoms. The number of esters is 1. The number of aliphatic hydroxyl groups excluding tert-OH is 1. The summed E-state index contributed by atoms with van der Waals surface area (Å²) in [5, 5.41) is 13.7. The highest BCUT2D eigenvalue weighted by Crippen LogP contribution is 2.42. The standard InChI is InChI=1S/C31H23Br2NO4S/c1-2-37-31(36)27-28(35)26(39-30(27)34-22-12-4-3-5-13-22)17-19-15-24(32)29(25(33)16-19)38-18-21-11-8-10-20-9-6-7-14-23(20)21/h3-17,35H,2,18H2,1H3/b26-17-,34-30?. The number of ether oxygens (including phenoxy) is 2. The zero-order valence-electron chi connectivity index (χ0n) is 20.9. The van der Waals surface area contributed by atoms with Crippen molar-refractivity contribution < 1.29 is 19.4 Å². The number of aliphatic imine (C=N–C) groups is 1. The van der Waals surface area contributed by atoms with Gasteiger partial charge in [-0.05, 0) is 91.0 Å². The number of halogens is 2. The first kappa shape index (κ1) is 27.2. The van der Waals surface area contributed by atoms with E-state index >= 15 is 0 Å². The smallest absolute Gasteiger partial charge is 0.344 e. The van der Waals surface area contributed by atoms with Crippen molar-refractivity contribution in [2.45, 2.75) is 13.5 Å². The molecule has 1 aliphatic rings. The summed E-state index contributed by atoms with van der Waals surface area (Å²) in [6.07, 6.45) is 1.80. The first-order chi connectivity index (χ1) is 18.9. The number of thioether (sulfide) groups is 1. The summed E-state index contributed by atoms with van der Waals surface area (Å²) in [5.41, 5.74) is 2.62. The van der Waals surface area contributed by atoms with Gasteiger partial charge in [0.25, 0.3) is 0 Å². The van der Waals surface area contributed by atoms with Gasteiger partial charge >= 0.3 is 5.97 Å². The molecule has 5 rings (SSSR count). The van der Waals surface area contributed by atoms with Crippen LogP contribution in [-0.2, 0) is 16.1 Å². The van der Waals surface area contributed by atoms with Gasteiger partial charge in [-0.1, -0.05) is 72.4 Å². The fraction of sp³-hybridized carbons (Fsp3) is 0.0968. The summed E-state index contributed by atoms with van der Waals surface area (Å²) in [5.74, 6) is -0.0979. The van der Waals surface area contributed by atoms with Gasteiger partial charge in [-0.25, -0.2) is 9.79 Å². The second kappa shape index (κ2) is 12.2. The topological polar surface area (TPSA) is 68.1 Å². The molecule has 0 saturated carbocycles. The average molecular weight is 665 g/mol. The Balaban J connectivity index is 1.43. The lowest BCUT2D eigenvalue weighted by Crippen LogP contribution is -2.12. The Hall–Kier alpha value is -3.33. The number of benzene rings is 4. The first-order valence-corrected chi connectivity index (χ1v) is 14.6. The van der Waals surface area contributed by atoms with Gasteiger partial charge in [0.15, 0.2) is 0 Å². The largest absolute Gasteiger partial charge is 0.506 e. The van der Waals surface area contributed by atoms with Crippen molar-refractivity contribution >= 4 is 77.2 Å². The number of hydrogen-bond donors (Lipinski definition) is 1. The van der Waals surface area contributed by atoms with E-state index < -0.39 is 5.97 Å². The van der Waals surface area contributed by atoms with Crippen LogP contribution in [-0.4, -0.2) is 22.7 Å². The third-order valence-corrected chi connectivity index (χ3v) is 8.13. The van der Waals surface area contributed by atoms with Crippen LogP contribution in [0.4, 0.5) is 5.69 Å². The summed E-state index contributed by atoms with van der Waals surface area (Å²) in [7, 11) is 0. The van der Waals surface area contributed by atoms with Crippen LogP contribution in [0.5, 0.6) is 5.75 Å². The second-order valence-corrected chi connectivity index (χ2v) is 11.3. The molecule has 0 saturated heterocycles. The van der Waals surface area contributed by atoms with Crippen molar-refractivity contribution in [2.75, 3.05) is 6.61 Å². The molecule has 5 nitrogen and oxygen atoms in total. The molecule has 0 aromatic heterocycles. The number of nitrogens with zero attached hydrogens (tertiary/aromatic N) is 1. The number of carbonyl (C=O) groups excluding carboxylic acids is 1. The van der Waals surface area contributed by atoms with E-state index in [1.807, 2.05) is 60.7 Å². The maximum atomic E-state index is 12.7. The number of para-hydroxylation sites is 1. The summed E-state index contributed by atoms with van der Waals surface area (Å²) >= 11 is 8.49. The van der Waals surface area contributed by atoms with Crippen molar-refractivity contribution in [1.29, 1.82) is 0 Å². The maximum absolute atomic E-state index is 12.7. The third kappa shape index (κ3) is 6.13. The number of fused-ring (bicyclic) bond motifs is 1. The number of rotatable bonds is 7. The molecular formula is C31H23Br2NO4S. The van der Waals surface area contributed by atoms with Crippen LogP contribution in [0, 0.1) is 0 Å². The monoisotopic (exact) mass is 663 g/mol. The van der Waals surface area contributed by atoms with Crippen molar-refractivity contribution in [1.82, 2.24) is 0 Å². The van der Waals surface area contributed by atoms with Crippen LogP contribution < -0.4 is 4.74 Å². The van der Waals surface area contributed by atoms with Gasteiger partial charge in [0.2, 0.25) is 0 Å². The van der Waals surface area contributed by atoms with E-state index in [1.165, 1.54) is 11.8 Å². The van der Waals surface area contributed by atoms with Gasteiger partial charge in [0.1, 0.15) is 28.7 Å². The molecule has 4 aromatic carbocycles. The Kier molecular flexibility index (Phi) is 8.55. The molecule has 0 bridgehead atoms. The van der Waals surface area contributed by atoms with Crippen molar-refractivity contribution in [3.63, 3.8) is 0 Å². The minimum absolute atomic E-state index is 0.0603. The molecule has 0 unspecified atom stereocenters. The molecule has 8 heteroatoms. The van der Waals surface area contributed by atoms with Crippen LogP contribution in [0.3, 0.4) is 0 Å². The zero-order chi connectivity index (χ0) is 27.4. The van der Waals surface area contributed by atoms with Crippen LogP contribution in [0.1, 0.15) is 18.1 Å². The van der Waals surface area contributed by atoms with Gasteiger partial charge in [-0.15, -0.1) is 0 Å². The molecule has 0 aliphatic carbocycles.